The number of amides is 2. The van der Waals surface area contributed by atoms with Crippen LogP contribution in [0.2, 0.25) is 5.02 Å². The average Bonchev–Trinajstić information content (AvgIpc) is 3.00. The summed E-state index contributed by atoms with van der Waals surface area (Å²) in [6.07, 6.45) is 0. The molecular weight excluding hydrogens is 528 g/mol. The van der Waals surface area contributed by atoms with Gasteiger partial charge in [-0.15, -0.1) is 0 Å². The number of nitrogens with zero attached hydrogens (tertiary/aromatic N) is 1. The highest BCUT2D eigenvalue weighted by Crippen LogP contribution is 2.27. The number of nitrogens with one attached hydrogen (secondary N) is 1. The number of rotatable bonds is 12. The zero-order valence-corrected chi connectivity index (χ0v) is 23.1. The minimum atomic E-state index is -0.930. The van der Waals surface area contributed by atoms with E-state index in [0.29, 0.717) is 27.8 Å². The second kappa shape index (κ2) is 14.1. The molecule has 4 rings (SSSR count). The molecule has 40 heavy (non-hydrogen) atoms. The number of para-hydroxylation sites is 2. The van der Waals surface area contributed by atoms with E-state index < -0.39 is 6.04 Å². The molecule has 0 aromatic heterocycles. The quantitative estimate of drug-likeness (QED) is 0.237. The molecule has 206 valence electrons. The third kappa shape index (κ3) is 7.33. The van der Waals surface area contributed by atoms with Crippen molar-refractivity contribution in [3.05, 3.63) is 125 Å². The highest BCUT2D eigenvalue weighted by atomic mass is 35.5. The second-order valence-corrected chi connectivity index (χ2v) is 9.34. The first-order chi connectivity index (χ1) is 19.5. The molecular formula is C32H31ClN2O5. The minimum Gasteiger partial charge on any atom is -0.497 e. The SMILES string of the molecule is COc1ccc(CN(C(=O)COc2ccccc2Cl)[C@@H](C(=O)NCc2ccccc2OC)c2ccccc2)cc1. The molecule has 2 amide bonds. The number of methoxy groups -OCH3 is 2. The molecule has 0 aliphatic heterocycles. The first-order valence-corrected chi connectivity index (χ1v) is 13.1. The lowest BCUT2D eigenvalue weighted by atomic mass is 10.0. The third-order valence-electron chi connectivity index (χ3n) is 6.34. The van der Waals surface area contributed by atoms with Crippen LogP contribution in [0.15, 0.2) is 103 Å². The van der Waals surface area contributed by atoms with Crippen LogP contribution in [0.3, 0.4) is 0 Å². The normalized spacial score (nSPS) is 11.3. The molecule has 0 saturated heterocycles. The Morgan fingerprint density at radius 3 is 2.12 bits per heavy atom. The Bertz CT molecular complexity index is 1410. The summed E-state index contributed by atoms with van der Waals surface area (Å²) in [4.78, 5) is 29.2. The maximum atomic E-state index is 13.9. The smallest absolute Gasteiger partial charge is 0.261 e. The van der Waals surface area contributed by atoms with Crippen LogP contribution >= 0.6 is 11.6 Å². The van der Waals surface area contributed by atoms with Gasteiger partial charge in [-0.1, -0.05) is 84.4 Å². The van der Waals surface area contributed by atoms with Gasteiger partial charge in [0.2, 0.25) is 5.91 Å². The van der Waals surface area contributed by atoms with Crippen molar-refractivity contribution in [1.82, 2.24) is 10.2 Å². The Morgan fingerprint density at radius 1 is 0.800 bits per heavy atom. The highest BCUT2D eigenvalue weighted by molar-refractivity contribution is 6.32. The number of benzene rings is 4. The summed E-state index contributed by atoms with van der Waals surface area (Å²) >= 11 is 6.24. The molecule has 0 bridgehead atoms. The standard InChI is InChI=1S/C32H31ClN2O5/c1-38-26-18-16-23(17-19-26)21-35(30(36)22-40-29-15-9-7-13-27(29)33)31(24-10-4-3-5-11-24)32(37)34-20-25-12-6-8-14-28(25)39-2/h3-19,31H,20-22H2,1-2H3,(H,34,37)/t31-/m1/s1. The topological polar surface area (TPSA) is 77.1 Å². The Kier molecular flexibility index (Phi) is 10.0. The van der Waals surface area contributed by atoms with Gasteiger partial charge in [0.25, 0.3) is 5.91 Å². The lowest BCUT2D eigenvalue weighted by Crippen LogP contribution is -2.45. The monoisotopic (exact) mass is 558 g/mol. The van der Waals surface area contributed by atoms with Gasteiger partial charge in [-0.05, 0) is 41.5 Å². The average molecular weight is 559 g/mol. The fourth-order valence-electron chi connectivity index (χ4n) is 4.27. The summed E-state index contributed by atoms with van der Waals surface area (Å²) in [6, 6.07) is 30.0. The molecule has 0 fully saturated rings. The summed E-state index contributed by atoms with van der Waals surface area (Å²) in [5, 5.41) is 3.39. The number of hydrogen-bond donors (Lipinski definition) is 1. The van der Waals surface area contributed by atoms with Crippen molar-refractivity contribution in [3.63, 3.8) is 0 Å². The zero-order valence-electron chi connectivity index (χ0n) is 22.4. The van der Waals surface area contributed by atoms with Crippen LogP contribution in [0.5, 0.6) is 17.2 Å². The molecule has 4 aromatic carbocycles. The lowest BCUT2D eigenvalue weighted by molar-refractivity contribution is -0.143. The van der Waals surface area contributed by atoms with E-state index in [1.54, 1.807) is 38.5 Å². The fraction of sp³-hybridized carbons (Fsp3) is 0.188. The maximum absolute atomic E-state index is 13.9. The third-order valence-corrected chi connectivity index (χ3v) is 6.65. The first-order valence-electron chi connectivity index (χ1n) is 12.7. The summed E-state index contributed by atoms with van der Waals surface area (Å²) in [5.41, 5.74) is 2.31. The van der Waals surface area contributed by atoms with Gasteiger partial charge >= 0.3 is 0 Å². The Balaban J connectivity index is 1.65. The Labute approximate surface area is 239 Å². The Hall–Kier alpha value is -4.49. The second-order valence-electron chi connectivity index (χ2n) is 8.93. The number of carbonyl (C=O) groups is 2. The van der Waals surface area contributed by atoms with Crippen molar-refractivity contribution in [2.45, 2.75) is 19.1 Å². The van der Waals surface area contributed by atoms with E-state index in [9.17, 15) is 9.59 Å². The maximum Gasteiger partial charge on any atom is 0.261 e. The van der Waals surface area contributed by atoms with Crippen LogP contribution in [0.1, 0.15) is 22.7 Å². The van der Waals surface area contributed by atoms with Crippen LogP contribution in [0, 0.1) is 0 Å². The molecule has 0 unspecified atom stereocenters. The van der Waals surface area contributed by atoms with Gasteiger partial charge < -0.3 is 24.4 Å². The van der Waals surface area contributed by atoms with Gasteiger partial charge in [-0.2, -0.15) is 0 Å². The first kappa shape index (κ1) is 28.5. The molecule has 0 saturated carbocycles. The molecule has 0 radical (unpaired) electrons. The number of carbonyl (C=O) groups excluding carboxylic acids is 2. The van der Waals surface area contributed by atoms with Crippen molar-refractivity contribution >= 4 is 23.4 Å². The number of ether oxygens (including phenoxy) is 3. The van der Waals surface area contributed by atoms with Crippen LogP contribution in [0.4, 0.5) is 0 Å². The van der Waals surface area contributed by atoms with Crippen molar-refractivity contribution in [1.29, 1.82) is 0 Å². The van der Waals surface area contributed by atoms with E-state index in [2.05, 4.69) is 5.32 Å². The summed E-state index contributed by atoms with van der Waals surface area (Å²) < 4.78 is 16.5. The van der Waals surface area contributed by atoms with Gasteiger partial charge in [0.1, 0.15) is 23.3 Å². The van der Waals surface area contributed by atoms with Crippen molar-refractivity contribution in [2.24, 2.45) is 0 Å². The molecule has 4 aromatic rings. The van der Waals surface area contributed by atoms with E-state index >= 15 is 0 Å². The van der Waals surface area contributed by atoms with Crippen LogP contribution in [-0.2, 0) is 22.7 Å². The van der Waals surface area contributed by atoms with Gasteiger partial charge in [0, 0.05) is 18.7 Å². The van der Waals surface area contributed by atoms with E-state index in [1.807, 2.05) is 78.9 Å². The summed E-state index contributed by atoms with van der Waals surface area (Å²) in [5.74, 6) is 1.03. The van der Waals surface area contributed by atoms with Crippen molar-refractivity contribution in [3.8, 4) is 17.2 Å². The van der Waals surface area contributed by atoms with Crippen LogP contribution < -0.4 is 19.5 Å². The van der Waals surface area contributed by atoms with Crippen LogP contribution in [0.25, 0.3) is 0 Å². The van der Waals surface area contributed by atoms with Gasteiger partial charge in [-0.25, -0.2) is 0 Å². The van der Waals surface area contributed by atoms with Crippen LogP contribution in [-0.4, -0.2) is 37.5 Å². The predicted octanol–water partition coefficient (Wildman–Crippen LogP) is 5.82. The minimum absolute atomic E-state index is 0.163. The molecule has 1 N–H and O–H groups in total. The van der Waals surface area contributed by atoms with E-state index in [-0.39, 0.29) is 31.5 Å². The molecule has 7 nitrogen and oxygen atoms in total. The van der Waals surface area contributed by atoms with Gasteiger partial charge in [0.05, 0.1) is 19.2 Å². The van der Waals surface area contributed by atoms with Gasteiger partial charge in [0.15, 0.2) is 6.61 Å². The van der Waals surface area contributed by atoms with Crippen molar-refractivity contribution in [2.75, 3.05) is 20.8 Å². The van der Waals surface area contributed by atoms with E-state index in [0.717, 1.165) is 11.1 Å². The molecule has 8 heteroatoms. The highest BCUT2D eigenvalue weighted by Gasteiger charge is 2.32. The predicted molar refractivity (Wildman–Crippen MR) is 155 cm³/mol. The Morgan fingerprint density at radius 2 is 1.45 bits per heavy atom. The fourth-order valence-corrected chi connectivity index (χ4v) is 4.46. The largest absolute Gasteiger partial charge is 0.497 e. The molecule has 0 aliphatic carbocycles. The molecule has 0 heterocycles. The van der Waals surface area contributed by atoms with E-state index in [1.165, 1.54) is 4.90 Å². The summed E-state index contributed by atoms with van der Waals surface area (Å²) in [6.45, 7) is 0.0895. The van der Waals surface area contributed by atoms with Crippen molar-refractivity contribution < 1.29 is 23.8 Å². The molecule has 0 aliphatic rings. The zero-order chi connectivity index (χ0) is 28.3. The van der Waals surface area contributed by atoms with E-state index in [4.69, 9.17) is 25.8 Å². The lowest BCUT2D eigenvalue weighted by Gasteiger charge is -2.31. The molecule has 1 atom stereocenters. The number of halogens is 1. The molecule has 0 spiro atoms. The number of hydrogen-bond acceptors (Lipinski definition) is 5. The van der Waals surface area contributed by atoms with Gasteiger partial charge in [-0.3, -0.25) is 9.59 Å². The summed E-state index contributed by atoms with van der Waals surface area (Å²) in [7, 11) is 3.18.